The van der Waals surface area contributed by atoms with E-state index in [9.17, 15) is 14.4 Å². The second-order valence-corrected chi connectivity index (χ2v) is 5.75. The zero-order valence-electron chi connectivity index (χ0n) is 11.9. The normalized spacial score (nSPS) is 10.4. The number of fused-ring (bicyclic) bond motifs is 2. The Bertz CT molecular complexity index is 1010. The standard InChI is InChI=1S/C17H11NO4S/c1-2-14(19)22-18-17(21)11-7-5-9-13-15(11)16(20)10-6-3-4-8-12(10)23-13/h2-9H,1H2,(H,18,21). The zero-order chi connectivity index (χ0) is 16.4. The van der Waals surface area contributed by atoms with Gasteiger partial charge in [-0.2, -0.15) is 5.48 Å². The molecule has 0 atom stereocenters. The van der Waals surface area contributed by atoms with Crippen molar-refractivity contribution in [3.63, 3.8) is 0 Å². The molecule has 23 heavy (non-hydrogen) atoms. The van der Waals surface area contributed by atoms with Crippen LogP contribution in [-0.2, 0) is 9.63 Å². The molecular formula is C17H11NO4S. The summed E-state index contributed by atoms with van der Waals surface area (Å²) in [6, 6.07) is 12.2. The van der Waals surface area contributed by atoms with E-state index >= 15 is 0 Å². The van der Waals surface area contributed by atoms with Gasteiger partial charge in [0.1, 0.15) is 0 Å². The van der Waals surface area contributed by atoms with Crippen molar-refractivity contribution in [2.45, 2.75) is 0 Å². The second kappa shape index (κ2) is 6.02. The molecule has 0 saturated carbocycles. The molecule has 0 fully saturated rings. The Morgan fingerprint density at radius 2 is 1.83 bits per heavy atom. The molecule has 0 radical (unpaired) electrons. The van der Waals surface area contributed by atoms with E-state index in [2.05, 4.69) is 11.4 Å². The highest BCUT2D eigenvalue weighted by Gasteiger charge is 2.16. The van der Waals surface area contributed by atoms with E-state index in [1.54, 1.807) is 24.3 Å². The molecule has 114 valence electrons. The van der Waals surface area contributed by atoms with Gasteiger partial charge in [-0.05, 0) is 24.3 Å². The average Bonchev–Trinajstić information content (AvgIpc) is 2.59. The van der Waals surface area contributed by atoms with Crippen molar-refractivity contribution < 1.29 is 14.4 Å². The van der Waals surface area contributed by atoms with E-state index in [4.69, 9.17) is 0 Å². The quantitative estimate of drug-likeness (QED) is 0.447. The first-order valence-corrected chi connectivity index (χ1v) is 7.51. The number of hydrogen-bond acceptors (Lipinski definition) is 5. The number of nitrogens with one attached hydrogen (secondary N) is 1. The van der Waals surface area contributed by atoms with E-state index in [1.807, 2.05) is 17.6 Å². The minimum Gasteiger partial charge on any atom is -0.336 e. The van der Waals surface area contributed by atoms with Gasteiger partial charge >= 0.3 is 5.97 Å². The Morgan fingerprint density at radius 3 is 2.61 bits per heavy atom. The van der Waals surface area contributed by atoms with Gasteiger partial charge in [-0.1, -0.05) is 24.8 Å². The number of amides is 1. The highest BCUT2D eigenvalue weighted by molar-refractivity contribution is 7.24. The van der Waals surface area contributed by atoms with Gasteiger partial charge in [0.05, 0.1) is 10.9 Å². The highest BCUT2D eigenvalue weighted by Crippen LogP contribution is 2.26. The van der Waals surface area contributed by atoms with Crippen molar-refractivity contribution in [2.24, 2.45) is 0 Å². The zero-order valence-corrected chi connectivity index (χ0v) is 12.7. The van der Waals surface area contributed by atoms with Crippen LogP contribution in [0.2, 0.25) is 0 Å². The summed E-state index contributed by atoms with van der Waals surface area (Å²) in [7, 11) is 0. The van der Waals surface area contributed by atoms with Crippen molar-refractivity contribution in [2.75, 3.05) is 0 Å². The monoisotopic (exact) mass is 325 g/mol. The molecule has 0 aliphatic heterocycles. The Labute approximate surface area is 134 Å². The smallest absolute Gasteiger partial charge is 0.336 e. The van der Waals surface area contributed by atoms with Crippen LogP contribution in [0.3, 0.4) is 0 Å². The first-order chi connectivity index (χ1) is 11.1. The third-order valence-corrected chi connectivity index (χ3v) is 4.40. The average molecular weight is 325 g/mol. The van der Waals surface area contributed by atoms with Crippen molar-refractivity contribution in [1.29, 1.82) is 0 Å². The van der Waals surface area contributed by atoms with Crippen molar-refractivity contribution >= 4 is 43.4 Å². The van der Waals surface area contributed by atoms with Crippen molar-refractivity contribution in [3.05, 3.63) is 70.9 Å². The SMILES string of the molecule is C=CC(=O)ONC(=O)c1cccc2sc3ccccc3c(=O)c12. The lowest BCUT2D eigenvalue weighted by Crippen LogP contribution is -2.27. The van der Waals surface area contributed by atoms with E-state index in [0.29, 0.717) is 15.5 Å². The van der Waals surface area contributed by atoms with Crippen LogP contribution in [-0.4, -0.2) is 11.9 Å². The van der Waals surface area contributed by atoms with Crippen LogP contribution < -0.4 is 10.9 Å². The second-order valence-electron chi connectivity index (χ2n) is 4.66. The minimum atomic E-state index is -0.783. The molecule has 0 bridgehead atoms. The van der Waals surface area contributed by atoms with Crippen LogP contribution in [0.15, 0.2) is 59.9 Å². The highest BCUT2D eigenvalue weighted by atomic mass is 32.1. The maximum absolute atomic E-state index is 12.7. The van der Waals surface area contributed by atoms with Crippen LogP contribution in [0.25, 0.3) is 20.2 Å². The van der Waals surface area contributed by atoms with Crippen molar-refractivity contribution in [1.82, 2.24) is 5.48 Å². The lowest BCUT2D eigenvalue weighted by Gasteiger charge is -2.07. The van der Waals surface area contributed by atoms with Gasteiger partial charge in [-0.15, -0.1) is 11.3 Å². The molecule has 1 amide bonds. The summed E-state index contributed by atoms with van der Waals surface area (Å²) < 4.78 is 1.54. The van der Waals surface area contributed by atoms with Crippen LogP contribution in [0, 0.1) is 0 Å². The fourth-order valence-corrected chi connectivity index (χ4v) is 3.33. The summed E-state index contributed by atoms with van der Waals surface area (Å²) in [5.74, 6) is -1.44. The van der Waals surface area contributed by atoms with Gasteiger partial charge in [-0.3, -0.25) is 9.59 Å². The summed E-state index contributed by atoms with van der Waals surface area (Å²) in [5, 5.41) is 0.858. The Kier molecular flexibility index (Phi) is 3.91. The van der Waals surface area contributed by atoms with Crippen LogP contribution in [0.4, 0.5) is 0 Å². The van der Waals surface area contributed by atoms with Gasteiger partial charge in [0.25, 0.3) is 5.91 Å². The van der Waals surface area contributed by atoms with Gasteiger partial charge in [-0.25, -0.2) is 4.79 Å². The molecule has 0 unspecified atom stereocenters. The molecule has 0 saturated heterocycles. The summed E-state index contributed by atoms with van der Waals surface area (Å²) in [6.07, 6.45) is 0.929. The lowest BCUT2D eigenvalue weighted by atomic mass is 10.1. The number of rotatable bonds is 2. The van der Waals surface area contributed by atoms with Gasteiger partial charge in [0.15, 0.2) is 5.43 Å². The minimum absolute atomic E-state index is 0.159. The number of carbonyl (C=O) groups excluding carboxylic acids is 2. The third-order valence-electron chi connectivity index (χ3n) is 3.26. The summed E-state index contributed by atoms with van der Waals surface area (Å²) >= 11 is 1.42. The maximum Gasteiger partial charge on any atom is 0.355 e. The van der Waals surface area contributed by atoms with Crippen LogP contribution in [0.1, 0.15) is 10.4 Å². The molecule has 6 heteroatoms. The Hall–Kier alpha value is -2.99. The van der Waals surface area contributed by atoms with E-state index in [1.165, 1.54) is 17.4 Å². The number of hydrogen-bond donors (Lipinski definition) is 1. The molecule has 3 aromatic rings. The molecule has 1 N–H and O–H groups in total. The predicted molar refractivity (Wildman–Crippen MR) is 89.4 cm³/mol. The molecule has 0 aliphatic rings. The van der Waals surface area contributed by atoms with Gasteiger partial charge in [0.2, 0.25) is 0 Å². The van der Waals surface area contributed by atoms with Gasteiger partial charge < -0.3 is 4.84 Å². The van der Waals surface area contributed by atoms with E-state index < -0.39 is 11.9 Å². The molecule has 1 heterocycles. The van der Waals surface area contributed by atoms with Gasteiger partial charge in [0, 0.05) is 20.9 Å². The summed E-state index contributed by atoms with van der Waals surface area (Å²) in [6.45, 7) is 3.24. The number of hydroxylamine groups is 1. The van der Waals surface area contributed by atoms with E-state index in [0.717, 1.165) is 10.8 Å². The topological polar surface area (TPSA) is 72.5 Å². The van der Waals surface area contributed by atoms with Crippen molar-refractivity contribution in [3.8, 4) is 0 Å². The molecule has 2 aromatic carbocycles. The molecule has 5 nitrogen and oxygen atoms in total. The molecule has 0 aliphatic carbocycles. The lowest BCUT2D eigenvalue weighted by molar-refractivity contribution is -0.142. The van der Waals surface area contributed by atoms with Crippen LogP contribution in [0.5, 0.6) is 0 Å². The van der Waals surface area contributed by atoms with Crippen LogP contribution >= 0.6 is 11.3 Å². The molecule has 0 spiro atoms. The molecular weight excluding hydrogens is 314 g/mol. The first-order valence-electron chi connectivity index (χ1n) is 6.70. The fourth-order valence-electron chi connectivity index (χ4n) is 2.23. The summed E-state index contributed by atoms with van der Waals surface area (Å²) in [5.41, 5.74) is 1.96. The summed E-state index contributed by atoms with van der Waals surface area (Å²) in [4.78, 5) is 40.5. The Balaban J connectivity index is 2.16. The first kappa shape index (κ1) is 14.9. The third kappa shape index (κ3) is 2.72. The van der Waals surface area contributed by atoms with E-state index in [-0.39, 0.29) is 11.0 Å². The molecule has 3 rings (SSSR count). The number of carbonyl (C=O) groups is 2. The predicted octanol–water partition coefficient (Wildman–Crippen LogP) is 2.79. The fraction of sp³-hybridized carbons (Fsp3) is 0. The number of benzene rings is 2. The largest absolute Gasteiger partial charge is 0.355 e. The molecule has 1 aromatic heterocycles. The Morgan fingerprint density at radius 1 is 1.09 bits per heavy atom. The maximum atomic E-state index is 12.7.